The van der Waals surface area contributed by atoms with E-state index in [2.05, 4.69) is 30.0 Å². The van der Waals surface area contributed by atoms with Crippen LogP contribution in [0.15, 0.2) is 41.2 Å². The Bertz CT molecular complexity index is 1240. The van der Waals surface area contributed by atoms with Crippen molar-refractivity contribution in [2.75, 3.05) is 31.1 Å². The highest BCUT2D eigenvalue weighted by Gasteiger charge is 2.22. The van der Waals surface area contributed by atoms with Gasteiger partial charge in [0.05, 0.1) is 18.3 Å². The predicted octanol–water partition coefficient (Wildman–Crippen LogP) is 2.98. The summed E-state index contributed by atoms with van der Waals surface area (Å²) in [7, 11) is 1.89. The maximum absolute atomic E-state index is 5.95. The highest BCUT2D eigenvalue weighted by molar-refractivity contribution is 7.71. The number of fused-ring (bicyclic) bond motifs is 1. The Kier molecular flexibility index (Phi) is 4.97. The van der Waals surface area contributed by atoms with Gasteiger partial charge < -0.3 is 9.32 Å². The first-order valence-electron chi connectivity index (χ1n) is 9.52. The summed E-state index contributed by atoms with van der Waals surface area (Å²) in [6.45, 7) is 3.98. The number of piperazine rings is 1. The molecule has 0 aliphatic carbocycles. The third-order valence-electron chi connectivity index (χ3n) is 5.21. The molecular formula is C19H19ClN8OS. The first kappa shape index (κ1) is 19.2. The van der Waals surface area contributed by atoms with Gasteiger partial charge >= 0.3 is 0 Å². The monoisotopic (exact) mass is 442 g/mol. The van der Waals surface area contributed by atoms with E-state index in [9.17, 15) is 0 Å². The summed E-state index contributed by atoms with van der Waals surface area (Å²) in [6.07, 6.45) is 3.42. The van der Waals surface area contributed by atoms with E-state index >= 15 is 0 Å². The van der Waals surface area contributed by atoms with Crippen molar-refractivity contribution in [1.82, 2.24) is 34.4 Å². The van der Waals surface area contributed by atoms with E-state index in [1.54, 1.807) is 27.8 Å². The van der Waals surface area contributed by atoms with Crippen LogP contribution in [0.2, 0.25) is 5.02 Å². The molecule has 9 nitrogen and oxygen atoms in total. The Morgan fingerprint density at radius 3 is 2.63 bits per heavy atom. The molecule has 0 N–H and O–H groups in total. The number of rotatable bonds is 4. The molecule has 154 valence electrons. The summed E-state index contributed by atoms with van der Waals surface area (Å²) in [5.74, 6) is 1.42. The highest BCUT2D eigenvalue weighted by Crippen LogP contribution is 2.24. The minimum absolute atomic E-state index is 0.357. The van der Waals surface area contributed by atoms with Gasteiger partial charge in [-0.2, -0.15) is 5.10 Å². The minimum atomic E-state index is 0.357. The van der Waals surface area contributed by atoms with E-state index < -0.39 is 0 Å². The van der Waals surface area contributed by atoms with Gasteiger partial charge in [0, 0.05) is 43.8 Å². The Morgan fingerprint density at radius 2 is 1.87 bits per heavy atom. The number of anilines is 1. The van der Waals surface area contributed by atoms with Crippen LogP contribution in [0.1, 0.15) is 0 Å². The smallest absolute Gasteiger partial charge is 0.288 e. The molecule has 0 spiro atoms. The zero-order valence-corrected chi connectivity index (χ0v) is 17.8. The van der Waals surface area contributed by atoms with Crippen LogP contribution < -0.4 is 4.90 Å². The lowest BCUT2D eigenvalue weighted by Crippen LogP contribution is -2.47. The maximum Gasteiger partial charge on any atom is 0.288 e. The third-order valence-corrected chi connectivity index (χ3v) is 5.76. The fraction of sp³-hybridized carbons (Fsp3) is 0.316. The number of hydrogen-bond acceptors (Lipinski definition) is 8. The van der Waals surface area contributed by atoms with Crippen LogP contribution in [-0.4, -0.2) is 60.6 Å². The lowest BCUT2D eigenvalue weighted by atomic mass is 10.2. The molecule has 11 heteroatoms. The number of aromatic nitrogens is 6. The van der Waals surface area contributed by atoms with E-state index in [0.717, 1.165) is 48.6 Å². The van der Waals surface area contributed by atoms with Gasteiger partial charge in [-0.05, 0) is 36.5 Å². The Labute approximate surface area is 182 Å². The molecule has 1 aliphatic rings. The molecule has 0 bridgehead atoms. The van der Waals surface area contributed by atoms with Crippen molar-refractivity contribution in [3.8, 4) is 11.5 Å². The molecular weight excluding hydrogens is 424 g/mol. The lowest BCUT2D eigenvalue weighted by Gasteiger charge is -2.35. The van der Waals surface area contributed by atoms with Gasteiger partial charge in [-0.15, -0.1) is 5.10 Å². The third kappa shape index (κ3) is 3.57. The second kappa shape index (κ2) is 7.78. The molecule has 4 heterocycles. The first-order valence-corrected chi connectivity index (χ1v) is 10.3. The van der Waals surface area contributed by atoms with Gasteiger partial charge in [0.15, 0.2) is 5.65 Å². The maximum atomic E-state index is 5.95. The van der Waals surface area contributed by atoms with E-state index in [1.807, 2.05) is 25.4 Å². The normalized spacial score (nSPS) is 15.2. The molecule has 0 amide bonds. The number of halogens is 1. The summed E-state index contributed by atoms with van der Waals surface area (Å²) < 4.78 is 9.17. The van der Waals surface area contributed by atoms with Gasteiger partial charge in [-0.25, -0.2) is 14.6 Å². The second-order valence-electron chi connectivity index (χ2n) is 7.13. The highest BCUT2D eigenvalue weighted by atomic mass is 35.5. The van der Waals surface area contributed by atoms with E-state index in [1.165, 1.54) is 0 Å². The fourth-order valence-corrected chi connectivity index (χ4v) is 3.90. The first-order chi connectivity index (χ1) is 14.6. The summed E-state index contributed by atoms with van der Waals surface area (Å²) in [4.78, 5) is 13.7. The summed E-state index contributed by atoms with van der Waals surface area (Å²) >= 11 is 11.3. The van der Waals surface area contributed by atoms with Crippen molar-refractivity contribution >= 4 is 40.7 Å². The van der Waals surface area contributed by atoms with E-state index in [4.69, 9.17) is 28.2 Å². The standard InChI is InChI=1S/C19H19ClN8OS/c1-25-16-15(10-23-25)17(22-11-21-16)27-8-6-26(7-9-27)12-28-19(30)29-18(24-28)13-2-4-14(20)5-3-13/h2-5,10-11H,6-9,12H2,1H3. The Morgan fingerprint density at radius 1 is 1.10 bits per heavy atom. The van der Waals surface area contributed by atoms with Crippen molar-refractivity contribution in [3.63, 3.8) is 0 Å². The van der Waals surface area contributed by atoms with Gasteiger partial charge in [-0.3, -0.25) is 9.58 Å². The van der Waals surface area contributed by atoms with Crippen molar-refractivity contribution in [2.45, 2.75) is 6.67 Å². The van der Waals surface area contributed by atoms with Crippen LogP contribution in [0.3, 0.4) is 0 Å². The number of nitrogens with zero attached hydrogens (tertiary/aromatic N) is 8. The molecule has 1 aliphatic heterocycles. The summed E-state index contributed by atoms with van der Waals surface area (Å²) in [6, 6.07) is 7.35. The summed E-state index contributed by atoms with van der Waals surface area (Å²) in [5.41, 5.74) is 1.68. The molecule has 3 aromatic heterocycles. The van der Waals surface area contributed by atoms with Crippen LogP contribution in [-0.2, 0) is 13.7 Å². The molecule has 1 saturated heterocycles. The van der Waals surface area contributed by atoms with Crippen molar-refractivity contribution in [2.24, 2.45) is 7.05 Å². The molecule has 30 heavy (non-hydrogen) atoms. The summed E-state index contributed by atoms with van der Waals surface area (Å²) in [5, 5.41) is 10.5. The van der Waals surface area contributed by atoms with Crippen molar-refractivity contribution in [3.05, 3.63) is 46.6 Å². The van der Waals surface area contributed by atoms with Crippen molar-refractivity contribution in [1.29, 1.82) is 0 Å². The number of hydrogen-bond donors (Lipinski definition) is 0. The minimum Gasteiger partial charge on any atom is -0.409 e. The lowest BCUT2D eigenvalue weighted by molar-refractivity contribution is 0.192. The topological polar surface area (TPSA) is 81.0 Å². The van der Waals surface area contributed by atoms with Crippen molar-refractivity contribution < 1.29 is 4.42 Å². The molecule has 0 unspecified atom stereocenters. The average Bonchev–Trinajstić information content (AvgIpc) is 3.32. The zero-order chi connectivity index (χ0) is 20.7. The van der Waals surface area contributed by atoms with Crippen LogP contribution in [0, 0.1) is 4.84 Å². The molecule has 0 atom stereocenters. The fourth-order valence-electron chi connectivity index (χ4n) is 3.60. The molecule has 4 aromatic rings. The predicted molar refractivity (Wildman–Crippen MR) is 116 cm³/mol. The number of aryl methyl sites for hydroxylation is 1. The van der Waals surface area contributed by atoms with Crippen LogP contribution >= 0.6 is 23.8 Å². The SMILES string of the molecule is Cn1ncc2c(N3CCN(Cn4nc(-c5ccc(Cl)cc5)oc4=S)CC3)ncnc21. The van der Waals surface area contributed by atoms with E-state index in [0.29, 0.717) is 22.4 Å². The van der Waals surface area contributed by atoms with Gasteiger partial charge in [0.2, 0.25) is 5.89 Å². The molecule has 5 rings (SSSR count). The Balaban J connectivity index is 1.27. The van der Waals surface area contributed by atoms with Crippen LogP contribution in [0.5, 0.6) is 0 Å². The van der Waals surface area contributed by atoms with E-state index in [-0.39, 0.29) is 0 Å². The van der Waals surface area contributed by atoms with Gasteiger partial charge in [-0.1, -0.05) is 11.6 Å². The van der Waals surface area contributed by atoms with Gasteiger partial charge in [0.1, 0.15) is 12.1 Å². The van der Waals surface area contributed by atoms with Crippen LogP contribution in [0.25, 0.3) is 22.5 Å². The molecule has 1 fully saturated rings. The number of benzene rings is 1. The molecule has 1 aromatic carbocycles. The molecule has 0 radical (unpaired) electrons. The zero-order valence-electron chi connectivity index (χ0n) is 16.3. The quantitative estimate of drug-likeness (QED) is 0.446. The largest absolute Gasteiger partial charge is 0.409 e. The molecule has 0 saturated carbocycles. The second-order valence-corrected chi connectivity index (χ2v) is 7.91. The van der Waals surface area contributed by atoms with Crippen LogP contribution in [0.4, 0.5) is 5.82 Å². The van der Waals surface area contributed by atoms with Gasteiger partial charge in [0.25, 0.3) is 4.84 Å². The average molecular weight is 443 g/mol. The Hall–Kier alpha value is -2.82.